The summed E-state index contributed by atoms with van der Waals surface area (Å²) in [5, 5.41) is 4.50. The minimum absolute atomic E-state index is 0.0601. The zero-order valence-electron chi connectivity index (χ0n) is 19.7. The van der Waals surface area contributed by atoms with Gasteiger partial charge in [-0.15, -0.1) is 0 Å². The first-order valence-electron chi connectivity index (χ1n) is 11.6. The first-order chi connectivity index (χ1) is 17.6. The van der Waals surface area contributed by atoms with Crippen LogP contribution in [0, 0.1) is 5.82 Å². The molecule has 1 saturated heterocycles. The first-order valence-corrected chi connectivity index (χ1v) is 12.0. The molecule has 0 saturated carbocycles. The zero-order valence-corrected chi connectivity index (χ0v) is 20.4. The maximum Gasteiger partial charge on any atom is 0.162 e. The molecule has 0 spiro atoms. The molecule has 2 heterocycles. The fraction of sp³-hybridized carbons (Fsp3) is 0.259. The molecule has 0 atom stereocenters. The number of fused-ring (bicyclic) bond motifs is 1. The third-order valence-electron chi connectivity index (χ3n) is 5.86. The highest BCUT2D eigenvalue weighted by Crippen LogP contribution is 2.37. The van der Waals surface area contributed by atoms with Crippen LogP contribution in [0.5, 0.6) is 17.2 Å². The Balaban J connectivity index is 1.36. The molecule has 3 aromatic carbocycles. The Hall–Kier alpha value is -3.62. The van der Waals surface area contributed by atoms with Crippen LogP contribution >= 0.6 is 11.6 Å². The third-order valence-corrected chi connectivity index (χ3v) is 6.16. The minimum Gasteiger partial charge on any atom is -0.493 e. The summed E-state index contributed by atoms with van der Waals surface area (Å²) < 4.78 is 36.4. The molecular formula is C27H25ClFN3O4. The highest BCUT2D eigenvalue weighted by molar-refractivity contribution is 6.32. The predicted octanol–water partition coefficient (Wildman–Crippen LogP) is 6.31. The number of halogens is 2. The molecule has 186 valence electrons. The van der Waals surface area contributed by atoms with Crippen molar-refractivity contribution in [3.63, 3.8) is 0 Å². The molecular weight excluding hydrogens is 485 g/mol. The summed E-state index contributed by atoms with van der Waals surface area (Å²) in [4.78, 5) is 8.83. The van der Waals surface area contributed by atoms with Gasteiger partial charge in [-0.3, -0.25) is 0 Å². The van der Waals surface area contributed by atoms with E-state index in [0.29, 0.717) is 46.8 Å². The summed E-state index contributed by atoms with van der Waals surface area (Å²) in [6.45, 7) is 1.57. The maximum atomic E-state index is 13.4. The molecule has 36 heavy (non-hydrogen) atoms. The molecule has 0 radical (unpaired) electrons. The van der Waals surface area contributed by atoms with Crippen molar-refractivity contribution < 1.29 is 23.3 Å². The van der Waals surface area contributed by atoms with Crippen molar-refractivity contribution in [1.29, 1.82) is 0 Å². The number of hydrogen-bond donors (Lipinski definition) is 1. The molecule has 1 aliphatic rings. The van der Waals surface area contributed by atoms with Gasteiger partial charge in [0.2, 0.25) is 0 Å². The van der Waals surface area contributed by atoms with E-state index < -0.39 is 0 Å². The van der Waals surface area contributed by atoms with Crippen molar-refractivity contribution in [2.45, 2.75) is 25.6 Å². The van der Waals surface area contributed by atoms with Crippen molar-refractivity contribution in [3.8, 4) is 17.2 Å². The molecule has 0 bridgehead atoms. The Bertz CT molecular complexity index is 1360. The van der Waals surface area contributed by atoms with E-state index in [1.54, 1.807) is 31.4 Å². The largest absolute Gasteiger partial charge is 0.493 e. The summed E-state index contributed by atoms with van der Waals surface area (Å²) in [6.07, 6.45) is 3.19. The van der Waals surface area contributed by atoms with E-state index in [1.165, 1.54) is 18.5 Å². The number of ether oxygens (including phenoxy) is 4. The van der Waals surface area contributed by atoms with E-state index in [-0.39, 0.29) is 18.5 Å². The van der Waals surface area contributed by atoms with Crippen LogP contribution in [-0.4, -0.2) is 36.4 Å². The van der Waals surface area contributed by atoms with Crippen LogP contribution in [0.3, 0.4) is 0 Å². The lowest BCUT2D eigenvalue weighted by Crippen LogP contribution is -2.26. The Labute approximate surface area is 213 Å². The smallest absolute Gasteiger partial charge is 0.162 e. The second kappa shape index (κ2) is 11.0. The topological polar surface area (TPSA) is 74.7 Å². The predicted molar refractivity (Wildman–Crippen MR) is 136 cm³/mol. The summed E-state index contributed by atoms with van der Waals surface area (Å²) in [7, 11) is 1.61. The monoisotopic (exact) mass is 509 g/mol. The standard InChI is InChI=1S/C27H25ClFN3O4/c1-33-25-14-23-21(13-26(25)36-20-7-9-34-10-8-20)27(31-16-30-23)32-19-5-6-24(22(28)12-19)35-15-17-3-2-4-18(29)11-17/h2-6,11-14,16,20H,7-10,15H2,1H3,(H,30,31,32). The summed E-state index contributed by atoms with van der Waals surface area (Å²) >= 11 is 6.47. The number of aromatic nitrogens is 2. The maximum absolute atomic E-state index is 13.4. The lowest BCUT2D eigenvalue weighted by molar-refractivity contribution is 0.0246. The van der Waals surface area contributed by atoms with Gasteiger partial charge in [-0.1, -0.05) is 23.7 Å². The minimum atomic E-state index is -0.308. The normalized spacial score (nSPS) is 14.0. The SMILES string of the molecule is COc1cc2ncnc(Nc3ccc(OCc4cccc(F)c4)c(Cl)c3)c2cc1OC1CCOCC1. The van der Waals surface area contributed by atoms with Gasteiger partial charge in [0.15, 0.2) is 11.5 Å². The van der Waals surface area contributed by atoms with E-state index in [9.17, 15) is 4.39 Å². The van der Waals surface area contributed by atoms with Gasteiger partial charge in [0.1, 0.15) is 36.4 Å². The molecule has 1 aromatic heterocycles. The molecule has 0 aliphatic carbocycles. The van der Waals surface area contributed by atoms with Crippen LogP contribution in [0.15, 0.2) is 60.9 Å². The van der Waals surface area contributed by atoms with Gasteiger partial charge in [-0.05, 0) is 42.0 Å². The first kappa shape index (κ1) is 24.1. The molecule has 9 heteroatoms. The van der Waals surface area contributed by atoms with Crippen LogP contribution in [0.4, 0.5) is 15.9 Å². The van der Waals surface area contributed by atoms with Gasteiger partial charge in [0.05, 0.1) is 30.9 Å². The summed E-state index contributed by atoms with van der Waals surface area (Å²) in [5.41, 5.74) is 2.15. The van der Waals surface area contributed by atoms with Crippen molar-refractivity contribution in [1.82, 2.24) is 9.97 Å². The number of hydrogen-bond acceptors (Lipinski definition) is 7. The van der Waals surface area contributed by atoms with Crippen LogP contribution in [0.25, 0.3) is 10.9 Å². The lowest BCUT2D eigenvalue weighted by Gasteiger charge is -2.24. The second-order valence-electron chi connectivity index (χ2n) is 8.36. The number of benzene rings is 3. The number of nitrogens with one attached hydrogen (secondary N) is 1. The van der Waals surface area contributed by atoms with Gasteiger partial charge in [0, 0.05) is 30.0 Å². The number of nitrogens with zero attached hydrogens (tertiary/aromatic N) is 2. The zero-order chi connectivity index (χ0) is 24.9. The van der Waals surface area contributed by atoms with Crippen LogP contribution < -0.4 is 19.5 Å². The van der Waals surface area contributed by atoms with E-state index in [4.69, 9.17) is 30.5 Å². The molecule has 1 fully saturated rings. The highest BCUT2D eigenvalue weighted by atomic mass is 35.5. The van der Waals surface area contributed by atoms with Gasteiger partial charge < -0.3 is 24.3 Å². The van der Waals surface area contributed by atoms with Crippen molar-refractivity contribution >= 4 is 34.0 Å². The average molecular weight is 510 g/mol. The van der Waals surface area contributed by atoms with Crippen molar-refractivity contribution in [2.75, 3.05) is 25.6 Å². The number of methoxy groups -OCH3 is 1. The van der Waals surface area contributed by atoms with E-state index >= 15 is 0 Å². The van der Waals surface area contributed by atoms with Gasteiger partial charge in [-0.25, -0.2) is 14.4 Å². The molecule has 1 N–H and O–H groups in total. The quantitative estimate of drug-likeness (QED) is 0.298. The fourth-order valence-corrected chi connectivity index (χ4v) is 4.24. The number of anilines is 2. The Morgan fingerprint density at radius 1 is 1.03 bits per heavy atom. The highest BCUT2D eigenvalue weighted by Gasteiger charge is 2.19. The molecule has 0 amide bonds. The van der Waals surface area contributed by atoms with Crippen LogP contribution in [0.2, 0.25) is 5.02 Å². The average Bonchev–Trinajstić information content (AvgIpc) is 2.89. The number of rotatable bonds is 8. The van der Waals surface area contributed by atoms with E-state index in [1.807, 2.05) is 18.2 Å². The molecule has 0 unspecified atom stereocenters. The molecule has 7 nitrogen and oxygen atoms in total. The van der Waals surface area contributed by atoms with Crippen molar-refractivity contribution in [2.24, 2.45) is 0 Å². The third kappa shape index (κ3) is 5.61. The second-order valence-corrected chi connectivity index (χ2v) is 8.77. The lowest BCUT2D eigenvalue weighted by atomic mass is 10.1. The summed E-state index contributed by atoms with van der Waals surface area (Å²) in [5.74, 6) is 2.04. The molecule has 1 aliphatic heterocycles. The Morgan fingerprint density at radius 2 is 1.89 bits per heavy atom. The van der Waals surface area contributed by atoms with E-state index in [0.717, 1.165) is 29.5 Å². The Morgan fingerprint density at radius 3 is 2.67 bits per heavy atom. The molecule has 5 rings (SSSR count). The Kier molecular flexibility index (Phi) is 7.34. The van der Waals surface area contributed by atoms with E-state index in [2.05, 4.69) is 15.3 Å². The van der Waals surface area contributed by atoms with Crippen molar-refractivity contribution in [3.05, 3.63) is 77.3 Å². The van der Waals surface area contributed by atoms with Gasteiger partial charge in [-0.2, -0.15) is 0 Å². The molecule has 4 aromatic rings. The van der Waals surface area contributed by atoms with Crippen LogP contribution in [-0.2, 0) is 11.3 Å². The fourth-order valence-electron chi connectivity index (χ4n) is 4.01. The van der Waals surface area contributed by atoms with Gasteiger partial charge >= 0.3 is 0 Å². The summed E-state index contributed by atoms with van der Waals surface area (Å²) in [6, 6.07) is 15.3. The van der Waals surface area contributed by atoms with Gasteiger partial charge in [0.25, 0.3) is 0 Å². The van der Waals surface area contributed by atoms with Crippen LogP contribution in [0.1, 0.15) is 18.4 Å².